The number of aliphatic carboxylic acids is 1. The molecular formula is C27H28O5. The molecule has 1 unspecified atom stereocenters. The van der Waals surface area contributed by atoms with Crippen LogP contribution < -0.4 is 9.47 Å². The highest BCUT2D eigenvalue weighted by Gasteiger charge is 2.26. The highest BCUT2D eigenvalue weighted by Crippen LogP contribution is 2.38. The Morgan fingerprint density at radius 1 is 1.09 bits per heavy atom. The summed E-state index contributed by atoms with van der Waals surface area (Å²) in [6.45, 7) is 2.55. The van der Waals surface area contributed by atoms with Crippen molar-refractivity contribution in [3.05, 3.63) is 76.9 Å². The van der Waals surface area contributed by atoms with Crippen LogP contribution in [-0.4, -0.2) is 29.9 Å². The largest absolute Gasteiger partial charge is 0.508 e. The van der Waals surface area contributed by atoms with E-state index in [0.29, 0.717) is 12.4 Å². The number of fused-ring (bicyclic) bond motifs is 2. The van der Waals surface area contributed by atoms with Crippen LogP contribution in [0.2, 0.25) is 0 Å². The summed E-state index contributed by atoms with van der Waals surface area (Å²) in [5.74, 6) is 0.741. The normalized spacial score (nSPS) is 15.8. The van der Waals surface area contributed by atoms with Crippen LogP contribution in [0, 0.1) is 6.92 Å². The standard InChI is InChI=1S/C17H18O.C10H10O4/c1-12-9-10-14(18-2)11-17(12)16-8-4-6-13-5-3-7-15(13)16;11-7-1-2-8-6(3-10(12)13)5-14-9(8)4-7/h4,6,8-11H,3,5,7H2,1-2H3;1-2,4,6,11H,3,5H2,(H,12,13). The van der Waals surface area contributed by atoms with E-state index in [-0.39, 0.29) is 18.1 Å². The Kier molecular flexibility index (Phi) is 6.35. The summed E-state index contributed by atoms with van der Waals surface area (Å²) in [6, 6.07) is 17.8. The second-order valence-corrected chi connectivity index (χ2v) is 8.31. The molecule has 5 rings (SSSR count). The third-order valence-electron chi connectivity index (χ3n) is 6.18. The number of benzene rings is 3. The number of phenols is 1. The van der Waals surface area contributed by atoms with Crippen LogP contribution in [0.15, 0.2) is 54.6 Å². The van der Waals surface area contributed by atoms with E-state index in [1.54, 1.807) is 19.2 Å². The molecule has 1 atom stereocenters. The number of hydrogen-bond acceptors (Lipinski definition) is 4. The van der Waals surface area contributed by atoms with Crippen molar-refractivity contribution in [2.24, 2.45) is 0 Å². The zero-order valence-corrected chi connectivity index (χ0v) is 18.4. The van der Waals surface area contributed by atoms with E-state index in [4.69, 9.17) is 19.7 Å². The highest BCUT2D eigenvalue weighted by molar-refractivity contribution is 5.73. The molecule has 0 radical (unpaired) electrons. The van der Waals surface area contributed by atoms with Crippen molar-refractivity contribution in [1.82, 2.24) is 0 Å². The number of rotatable bonds is 4. The molecular weight excluding hydrogens is 404 g/mol. The van der Waals surface area contributed by atoms with Gasteiger partial charge in [0, 0.05) is 17.5 Å². The van der Waals surface area contributed by atoms with Crippen molar-refractivity contribution in [2.45, 2.75) is 38.5 Å². The summed E-state index contributed by atoms with van der Waals surface area (Å²) in [5, 5.41) is 17.8. The van der Waals surface area contributed by atoms with Gasteiger partial charge in [0.25, 0.3) is 0 Å². The molecule has 0 saturated carbocycles. The SMILES string of the molecule is COc1ccc(C)c(-c2cccc3c2CCC3)c1.O=C(O)CC1COc2cc(O)ccc21. The first-order chi connectivity index (χ1) is 15.5. The summed E-state index contributed by atoms with van der Waals surface area (Å²) >= 11 is 0. The molecule has 0 amide bonds. The molecule has 1 aliphatic heterocycles. The van der Waals surface area contributed by atoms with Crippen LogP contribution in [0.25, 0.3) is 11.1 Å². The lowest BCUT2D eigenvalue weighted by Crippen LogP contribution is -2.07. The number of hydrogen-bond donors (Lipinski definition) is 2. The third kappa shape index (κ3) is 4.57. The van der Waals surface area contributed by atoms with Gasteiger partial charge in [0.15, 0.2) is 0 Å². The maximum Gasteiger partial charge on any atom is 0.304 e. The topological polar surface area (TPSA) is 76.0 Å². The second-order valence-electron chi connectivity index (χ2n) is 8.31. The van der Waals surface area contributed by atoms with E-state index in [9.17, 15) is 4.79 Å². The number of phenolic OH excluding ortho intramolecular Hbond substituents is 1. The maximum absolute atomic E-state index is 10.5. The van der Waals surface area contributed by atoms with E-state index in [1.807, 2.05) is 6.07 Å². The van der Waals surface area contributed by atoms with Crippen LogP contribution in [-0.2, 0) is 17.6 Å². The monoisotopic (exact) mass is 432 g/mol. The van der Waals surface area contributed by atoms with Crippen molar-refractivity contribution < 1.29 is 24.5 Å². The second kappa shape index (κ2) is 9.35. The molecule has 2 N–H and O–H groups in total. The Bertz CT molecular complexity index is 1130. The first kappa shape index (κ1) is 21.8. The van der Waals surface area contributed by atoms with Gasteiger partial charge >= 0.3 is 5.97 Å². The molecule has 0 aromatic heterocycles. The lowest BCUT2D eigenvalue weighted by Gasteiger charge is -2.12. The fraction of sp³-hybridized carbons (Fsp3) is 0.296. The summed E-state index contributed by atoms with van der Waals surface area (Å²) < 4.78 is 10.6. The summed E-state index contributed by atoms with van der Waals surface area (Å²) in [4.78, 5) is 10.5. The van der Waals surface area contributed by atoms with Gasteiger partial charge in [0.05, 0.1) is 20.1 Å². The van der Waals surface area contributed by atoms with Gasteiger partial charge in [0.1, 0.15) is 17.2 Å². The summed E-state index contributed by atoms with van der Waals surface area (Å²) in [5.41, 5.74) is 7.94. The van der Waals surface area contributed by atoms with E-state index in [1.165, 1.54) is 53.1 Å². The van der Waals surface area contributed by atoms with Crippen molar-refractivity contribution in [3.8, 4) is 28.4 Å². The molecule has 2 aliphatic rings. The van der Waals surface area contributed by atoms with E-state index in [0.717, 1.165) is 11.3 Å². The first-order valence-corrected chi connectivity index (χ1v) is 10.9. The number of ether oxygens (including phenoxy) is 2. The zero-order valence-electron chi connectivity index (χ0n) is 18.4. The van der Waals surface area contributed by atoms with Gasteiger partial charge in [0.2, 0.25) is 0 Å². The van der Waals surface area contributed by atoms with Gasteiger partial charge in [-0.1, -0.05) is 30.3 Å². The average molecular weight is 433 g/mol. The van der Waals surface area contributed by atoms with Gasteiger partial charge in [-0.2, -0.15) is 0 Å². The fourth-order valence-electron chi connectivity index (χ4n) is 4.54. The molecule has 0 saturated heterocycles. The predicted octanol–water partition coefficient (Wildman–Crippen LogP) is 5.50. The van der Waals surface area contributed by atoms with Gasteiger partial charge < -0.3 is 19.7 Å². The smallest absolute Gasteiger partial charge is 0.304 e. The minimum absolute atomic E-state index is 0.0672. The van der Waals surface area contributed by atoms with Crippen LogP contribution in [0.4, 0.5) is 0 Å². The lowest BCUT2D eigenvalue weighted by molar-refractivity contribution is -0.137. The molecule has 166 valence electrons. The predicted molar refractivity (Wildman–Crippen MR) is 124 cm³/mol. The lowest BCUT2D eigenvalue weighted by atomic mass is 9.94. The molecule has 5 nitrogen and oxygen atoms in total. The Hall–Kier alpha value is -3.47. The number of aromatic hydroxyl groups is 1. The van der Waals surface area contributed by atoms with Gasteiger partial charge in [-0.3, -0.25) is 4.79 Å². The van der Waals surface area contributed by atoms with Gasteiger partial charge in [-0.15, -0.1) is 0 Å². The maximum atomic E-state index is 10.5. The van der Waals surface area contributed by atoms with Crippen LogP contribution >= 0.6 is 0 Å². The van der Waals surface area contributed by atoms with Crippen molar-refractivity contribution in [2.75, 3.05) is 13.7 Å². The quantitative estimate of drug-likeness (QED) is 0.569. The van der Waals surface area contributed by atoms with Crippen molar-refractivity contribution in [1.29, 1.82) is 0 Å². The molecule has 0 bridgehead atoms. The minimum atomic E-state index is -0.834. The Morgan fingerprint density at radius 2 is 1.94 bits per heavy atom. The van der Waals surface area contributed by atoms with Crippen LogP contribution in [0.1, 0.15) is 41.0 Å². The fourth-order valence-corrected chi connectivity index (χ4v) is 4.54. The summed E-state index contributed by atoms with van der Waals surface area (Å²) in [7, 11) is 1.73. The number of carboxylic acid groups (broad SMARTS) is 1. The summed E-state index contributed by atoms with van der Waals surface area (Å²) in [6.07, 6.45) is 3.79. The molecule has 0 spiro atoms. The van der Waals surface area contributed by atoms with Crippen LogP contribution in [0.5, 0.6) is 17.2 Å². The van der Waals surface area contributed by atoms with Crippen LogP contribution in [0.3, 0.4) is 0 Å². The number of aryl methyl sites for hydroxylation is 2. The zero-order chi connectivity index (χ0) is 22.7. The molecule has 3 aromatic rings. The minimum Gasteiger partial charge on any atom is -0.508 e. The number of carboxylic acids is 1. The Labute approximate surface area is 188 Å². The number of methoxy groups -OCH3 is 1. The van der Waals surface area contributed by atoms with E-state index >= 15 is 0 Å². The Balaban J connectivity index is 0.000000158. The van der Waals surface area contributed by atoms with Crippen molar-refractivity contribution in [3.63, 3.8) is 0 Å². The molecule has 3 aromatic carbocycles. The van der Waals surface area contributed by atoms with Gasteiger partial charge in [-0.05, 0) is 72.2 Å². The molecule has 1 heterocycles. The molecule has 5 heteroatoms. The van der Waals surface area contributed by atoms with Crippen molar-refractivity contribution >= 4 is 5.97 Å². The molecule has 1 aliphatic carbocycles. The number of carbonyl (C=O) groups is 1. The Morgan fingerprint density at radius 3 is 2.72 bits per heavy atom. The molecule has 0 fully saturated rings. The third-order valence-corrected chi connectivity index (χ3v) is 6.18. The van der Waals surface area contributed by atoms with E-state index in [2.05, 4.69) is 37.3 Å². The van der Waals surface area contributed by atoms with E-state index < -0.39 is 5.97 Å². The first-order valence-electron chi connectivity index (χ1n) is 10.9. The highest BCUT2D eigenvalue weighted by atomic mass is 16.5. The average Bonchev–Trinajstić information content (AvgIpc) is 3.41. The van der Waals surface area contributed by atoms with Gasteiger partial charge in [-0.25, -0.2) is 0 Å². The molecule has 32 heavy (non-hydrogen) atoms.